The quantitative estimate of drug-likeness (QED) is 0.222. The lowest BCUT2D eigenvalue weighted by Gasteiger charge is -2.13. The van der Waals surface area contributed by atoms with Crippen LogP contribution in [-0.4, -0.2) is 57.6 Å². The summed E-state index contributed by atoms with van der Waals surface area (Å²) in [6.07, 6.45) is 1.11. The fraction of sp³-hybridized carbons (Fsp3) is 0.364. The van der Waals surface area contributed by atoms with Crippen LogP contribution in [0, 0.1) is 0 Å². The van der Waals surface area contributed by atoms with Crippen molar-refractivity contribution in [3.63, 3.8) is 0 Å². The SMILES string of the molecule is CCOC(=O)CCCCC(=O)c1[nH]c(=O)[nH]c1COC(=O)CN1C(=O)c2ccccc2C1=O. The average Bonchev–Trinajstić information content (AvgIpc) is 3.28. The first-order valence-electron chi connectivity index (χ1n) is 10.4. The highest BCUT2D eigenvalue weighted by Gasteiger charge is 2.36. The number of Topliss-reactive ketones (excluding diaryl/α,β-unsaturated/α-hetero) is 1. The monoisotopic (exact) mass is 457 g/mol. The van der Waals surface area contributed by atoms with Gasteiger partial charge >= 0.3 is 17.6 Å². The van der Waals surface area contributed by atoms with Crippen LogP contribution in [0.15, 0.2) is 29.1 Å². The number of fused-ring (bicyclic) bond motifs is 1. The zero-order valence-corrected chi connectivity index (χ0v) is 18.0. The van der Waals surface area contributed by atoms with Gasteiger partial charge in [0.05, 0.1) is 23.4 Å². The molecule has 1 aromatic carbocycles. The van der Waals surface area contributed by atoms with E-state index in [9.17, 15) is 28.8 Å². The fourth-order valence-corrected chi connectivity index (χ4v) is 3.39. The molecule has 2 aromatic rings. The third-order valence-corrected chi connectivity index (χ3v) is 4.97. The Morgan fingerprint density at radius 1 is 0.879 bits per heavy atom. The van der Waals surface area contributed by atoms with Crippen LogP contribution in [0.25, 0.3) is 0 Å². The van der Waals surface area contributed by atoms with Crippen LogP contribution in [-0.2, 0) is 25.7 Å². The van der Waals surface area contributed by atoms with Gasteiger partial charge < -0.3 is 19.4 Å². The topological polar surface area (TPSA) is 156 Å². The van der Waals surface area contributed by atoms with Gasteiger partial charge in [0.1, 0.15) is 18.8 Å². The van der Waals surface area contributed by atoms with Gasteiger partial charge in [-0.15, -0.1) is 0 Å². The van der Waals surface area contributed by atoms with Crippen LogP contribution in [0.3, 0.4) is 0 Å². The number of carbonyl (C=O) groups is 5. The number of nitrogens with zero attached hydrogens (tertiary/aromatic N) is 1. The molecule has 0 unspecified atom stereocenters. The number of ketones is 1. The molecule has 0 saturated carbocycles. The van der Waals surface area contributed by atoms with E-state index in [1.54, 1.807) is 19.1 Å². The molecule has 0 atom stereocenters. The number of benzene rings is 1. The summed E-state index contributed by atoms with van der Waals surface area (Å²) in [6, 6.07) is 6.22. The van der Waals surface area contributed by atoms with Gasteiger partial charge in [0.15, 0.2) is 5.78 Å². The van der Waals surface area contributed by atoms with E-state index in [1.165, 1.54) is 12.1 Å². The Kier molecular flexibility index (Phi) is 7.54. The number of carbonyl (C=O) groups excluding carboxylic acids is 5. The molecule has 174 valence electrons. The number of unbranched alkanes of at least 4 members (excludes halogenated alkanes) is 1. The molecule has 0 bridgehead atoms. The van der Waals surface area contributed by atoms with Gasteiger partial charge in [-0.05, 0) is 31.9 Å². The van der Waals surface area contributed by atoms with Gasteiger partial charge in [-0.3, -0.25) is 28.9 Å². The molecule has 11 nitrogen and oxygen atoms in total. The van der Waals surface area contributed by atoms with Gasteiger partial charge in [-0.2, -0.15) is 0 Å². The number of imidazole rings is 1. The Hall–Kier alpha value is -4.02. The lowest BCUT2D eigenvalue weighted by molar-refractivity contribution is -0.145. The van der Waals surface area contributed by atoms with E-state index in [-0.39, 0.29) is 53.7 Å². The van der Waals surface area contributed by atoms with E-state index >= 15 is 0 Å². The molecule has 1 aliphatic rings. The second-order valence-corrected chi connectivity index (χ2v) is 7.27. The molecule has 3 rings (SSSR count). The minimum absolute atomic E-state index is 0.0235. The van der Waals surface area contributed by atoms with Gasteiger partial charge in [-0.25, -0.2) is 4.79 Å². The molecule has 2 heterocycles. The van der Waals surface area contributed by atoms with E-state index in [1.807, 2.05) is 0 Å². The summed E-state index contributed by atoms with van der Waals surface area (Å²) < 4.78 is 9.90. The van der Waals surface area contributed by atoms with Crippen LogP contribution in [0.5, 0.6) is 0 Å². The number of rotatable bonds is 11. The van der Waals surface area contributed by atoms with Crippen LogP contribution in [0.1, 0.15) is 69.5 Å². The van der Waals surface area contributed by atoms with E-state index in [4.69, 9.17) is 9.47 Å². The minimum atomic E-state index is -0.876. The number of ether oxygens (including phenoxy) is 2. The van der Waals surface area contributed by atoms with Crippen molar-refractivity contribution in [1.82, 2.24) is 14.9 Å². The largest absolute Gasteiger partial charge is 0.466 e. The normalized spacial score (nSPS) is 12.6. The van der Waals surface area contributed by atoms with Gasteiger partial charge in [0.25, 0.3) is 11.8 Å². The molecule has 2 N–H and O–H groups in total. The molecule has 11 heteroatoms. The van der Waals surface area contributed by atoms with Crippen LogP contribution >= 0.6 is 0 Å². The number of aromatic amines is 2. The van der Waals surface area contributed by atoms with Crippen molar-refractivity contribution in [1.29, 1.82) is 0 Å². The molecule has 2 amide bonds. The number of hydrogen-bond donors (Lipinski definition) is 2. The first-order valence-corrected chi connectivity index (χ1v) is 10.4. The highest BCUT2D eigenvalue weighted by Crippen LogP contribution is 2.22. The Morgan fingerprint density at radius 3 is 2.15 bits per heavy atom. The molecule has 0 spiro atoms. The number of aromatic nitrogens is 2. The molecular formula is C22H23N3O8. The molecular weight excluding hydrogens is 434 g/mol. The van der Waals surface area contributed by atoms with Crippen LogP contribution in [0.4, 0.5) is 0 Å². The number of amides is 2. The Morgan fingerprint density at radius 2 is 1.52 bits per heavy atom. The van der Waals surface area contributed by atoms with Gasteiger partial charge in [0, 0.05) is 12.8 Å². The predicted octanol–water partition coefficient (Wildman–Crippen LogP) is 1.35. The van der Waals surface area contributed by atoms with Gasteiger partial charge in [-0.1, -0.05) is 12.1 Å². The number of imide groups is 1. The third-order valence-electron chi connectivity index (χ3n) is 4.97. The lowest BCUT2D eigenvalue weighted by atomic mass is 10.1. The van der Waals surface area contributed by atoms with E-state index in [0.29, 0.717) is 12.8 Å². The third kappa shape index (κ3) is 5.62. The smallest absolute Gasteiger partial charge is 0.326 e. The minimum Gasteiger partial charge on any atom is -0.466 e. The highest BCUT2D eigenvalue weighted by molar-refractivity contribution is 6.22. The average molecular weight is 457 g/mol. The Bertz CT molecular complexity index is 1110. The maximum atomic E-state index is 12.4. The standard InChI is InChI=1S/C22H23N3O8/c1-2-32-17(27)10-6-5-9-16(26)19-15(23-22(31)24-19)12-33-18(28)11-25-20(29)13-7-3-4-8-14(13)21(25)30/h3-4,7-8H,2,5-6,9-12H2,1H3,(H2,23,24,31). The van der Waals surface area contributed by atoms with Gasteiger partial charge in [0.2, 0.25) is 0 Å². The summed E-state index contributed by atoms with van der Waals surface area (Å²) in [5, 5.41) is 0. The van der Waals surface area contributed by atoms with Crippen molar-refractivity contribution in [2.24, 2.45) is 0 Å². The summed E-state index contributed by atoms with van der Waals surface area (Å²) in [5.41, 5.74) is -0.172. The Balaban J connectivity index is 1.53. The number of nitrogens with one attached hydrogen (secondary N) is 2. The molecule has 0 fully saturated rings. The number of H-pyrrole nitrogens is 2. The maximum absolute atomic E-state index is 12.4. The fourth-order valence-electron chi connectivity index (χ4n) is 3.39. The molecule has 1 aliphatic heterocycles. The summed E-state index contributed by atoms with van der Waals surface area (Å²) in [4.78, 5) is 77.9. The first-order chi connectivity index (χ1) is 15.8. The van der Waals surface area contributed by atoms with E-state index in [0.717, 1.165) is 4.90 Å². The zero-order valence-electron chi connectivity index (χ0n) is 18.0. The van der Waals surface area contributed by atoms with Crippen molar-refractivity contribution >= 4 is 29.5 Å². The molecule has 1 aromatic heterocycles. The molecule has 0 saturated heterocycles. The summed E-state index contributed by atoms with van der Waals surface area (Å²) in [7, 11) is 0. The second-order valence-electron chi connectivity index (χ2n) is 7.27. The maximum Gasteiger partial charge on any atom is 0.326 e. The van der Waals surface area contributed by atoms with Crippen LogP contribution in [0.2, 0.25) is 0 Å². The number of hydrogen-bond acceptors (Lipinski definition) is 8. The zero-order chi connectivity index (χ0) is 24.0. The summed E-state index contributed by atoms with van der Waals surface area (Å²) >= 11 is 0. The predicted molar refractivity (Wildman–Crippen MR) is 112 cm³/mol. The second kappa shape index (κ2) is 10.5. The van der Waals surface area contributed by atoms with E-state index in [2.05, 4.69) is 9.97 Å². The number of esters is 2. The molecule has 33 heavy (non-hydrogen) atoms. The van der Waals surface area contributed by atoms with Crippen molar-refractivity contribution in [3.8, 4) is 0 Å². The van der Waals surface area contributed by atoms with Crippen molar-refractivity contribution in [2.75, 3.05) is 13.2 Å². The summed E-state index contributed by atoms with van der Waals surface area (Å²) in [5.74, 6) is -2.80. The highest BCUT2D eigenvalue weighted by atomic mass is 16.5. The van der Waals surface area contributed by atoms with Crippen molar-refractivity contribution < 1.29 is 33.4 Å². The first kappa shape index (κ1) is 23.6. The molecule has 0 radical (unpaired) electrons. The lowest BCUT2D eigenvalue weighted by Crippen LogP contribution is -2.35. The molecule has 0 aliphatic carbocycles. The Labute approximate surface area is 188 Å². The van der Waals surface area contributed by atoms with Crippen molar-refractivity contribution in [2.45, 2.75) is 39.2 Å². The van der Waals surface area contributed by atoms with Crippen LogP contribution < -0.4 is 5.69 Å². The summed E-state index contributed by atoms with van der Waals surface area (Å²) in [6.45, 7) is 0.970. The van der Waals surface area contributed by atoms with Crippen molar-refractivity contribution in [3.05, 3.63) is 57.3 Å². The van der Waals surface area contributed by atoms with E-state index < -0.39 is 36.6 Å².